The summed E-state index contributed by atoms with van der Waals surface area (Å²) in [6.45, 7) is 2.58. The zero-order chi connectivity index (χ0) is 10.1. The fraction of sp³-hybridized carbons (Fsp3) is 0.364. The molecule has 74 valence electrons. The molecule has 3 heteroatoms. The molecule has 1 amide bonds. The van der Waals surface area contributed by atoms with Crippen LogP contribution < -0.4 is 5.32 Å². The molecule has 1 heterocycles. The van der Waals surface area contributed by atoms with Gasteiger partial charge in [0.2, 0.25) is 5.91 Å². The summed E-state index contributed by atoms with van der Waals surface area (Å²) in [4.78, 5) is 13.4. The lowest BCUT2D eigenvalue weighted by Gasteiger charge is -2.16. The summed E-state index contributed by atoms with van der Waals surface area (Å²) in [7, 11) is 1.84. The van der Waals surface area contributed by atoms with E-state index < -0.39 is 0 Å². The van der Waals surface area contributed by atoms with Crippen LogP contribution in [0.2, 0.25) is 0 Å². The third kappa shape index (κ3) is 1.45. The third-order valence-electron chi connectivity index (χ3n) is 2.54. The summed E-state index contributed by atoms with van der Waals surface area (Å²) < 4.78 is 0. The average Bonchev–Trinajstić information content (AvgIpc) is 2.28. The van der Waals surface area contributed by atoms with Crippen LogP contribution in [0.1, 0.15) is 12.5 Å². The summed E-state index contributed by atoms with van der Waals surface area (Å²) in [6.07, 6.45) is 0. The number of hydrogen-bond donors (Lipinski definition) is 1. The Hall–Kier alpha value is -1.51. The Balaban J connectivity index is 2.39. The smallest absolute Gasteiger partial charge is 0.244 e. The van der Waals surface area contributed by atoms with Crippen molar-refractivity contribution in [3.8, 4) is 0 Å². The number of anilines is 1. The molecule has 2 rings (SSSR count). The topological polar surface area (TPSA) is 32.3 Å². The van der Waals surface area contributed by atoms with Crippen LogP contribution in [-0.4, -0.2) is 23.9 Å². The molecule has 14 heavy (non-hydrogen) atoms. The van der Waals surface area contributed by atoms with Crippen molar-refractivity contribution in [2.45, 2.75) is 19.5 Å². The molecule has 0 bridgehead atoms. The van der Waals surface area contributed by atoms with Gasteiger partial charge in [-0.25, -0.2) is 0 Å². The van der Waals surface area contributed by atoms with E-state index in [1.165, 1.54) is 5.56 Å². The summed E-state index contributed by atoms with van der Waals surface area (Å²) in [5.74, 6) is 0.140. The Morgan fingerprint density at radius 3 is 2.93 bits per heavy atom. The predicted octanol–water partition coefficient (Wildman–Crippen LogP) is 1.46. The first-order chi connectivity index (χ1) is 6.68. The molecule has 1 N–H and O–H groups in total. The van der Waals surface area contributed by atoms with Crippen LogP contribution in [-0.2, 0) is 11.3 Å². The number of rotatable bonds is 0. The molecule has 0 saturated heterocycles. The van der Waals surface area contributed by atoms with E-state index in [1.807, 2.05) is 38.2 Å². The maximum atomic E-state index is 11.7. The van der Waals surface area contributed by atoms with Crippen molar-refractivity contribution < 1.29 is 4.79 Å². The highest BCUT2D eigenvalue weighted by molar-refractivity contribution is 5.85. The standard InChI is InChI=1S/C11H14N2O/c1-8-11(14)13(2)7-9-5-3-4-6-10(9)12-8/h3-6,8,12H,7H2,1-2H3/t8-/m1/s1. The highest BCUT2D eigenvalue weighted by Crippen LogP contribution is 2.21. The monoisotopic (exact) mass is 190 g/mol. The van der Waals surface area contributed by atoms with E-state index in [4.69, 9.17) is 0 Å². The number of amides is 1. The minimum atomic E-state index is -0.136. The maximum absolute atomic E-state index is 11.7. The fourth-order valence-electron chi connectivity index (χ4n) is 1.76. The van der Waals surface area contributed by atoms with Gasteiger partial charge in [0, 0.05) is 19.3 Å². The lowest BCUT2D eigenvalue weighted by atomic mass is 10.2. The fourth-order valence-corrected chi connectivity index (χ4v) is 1.76. The van der Waals surface area contributed by atoms with Gasteiger partial charge < -0.3 is 10.2 Å². The number of carbonyl (C=O) groups excluding carboxylic acids is 1. The van der Waals surface area contributed by atoms with Gasteiger partial charge in [0.05, 0.1) is 0 Å². The third-order valence-corrected chi connectivity index (χ3v) is 2.54. The van der Waals surface area contributed by atoms with E-state index in [-0.39, 0.29) is 11.9 Å². The predicted molar refractivity (Wildman–Crippen MR) is 56.0 cm³/mol. The van der Waals surface area contributed by atoms with Gasteiger partial charge in [0.15, 0.2) is 0 Å². The van der Waals surface area contributed by atoms with Gasteiger partial charge in [-0.2, -0.15) is 0 Å². The number of likely N-dealkylation sites (N-methyl/N-ethyl adjacent to an activating group) is 1. The van der Waals surface area contributed by atoms with Crippen LogP contribution in [0.4, 0.5) is 5.69 Å². The first-order valence-electron chi connectivity index (χ1n) is 4.78. The molecule has 3 nitrogen and oxygen atoms in total. The lowest BCUT2D eigenvalue weighted by molar-refractivity contribution is -0.130. The molecule has 0 spiro atoms. The molecular formula is C11H14N2O. The van der Waals surface area contributed by atoms with Gasteiger partial charge in [0.25, 0.3) is 0 Å². The Labute approximate surface area is 83.7 Å². The molecule has 0 aliphatic carbocycles. The van der Waals surface area contributed by atoms with Gasteiger partial charge in [-0.05, 0) is 18.6 Å². The first kappa shape index (κ1) is 9.06. The van der Waals surface area contributed by atoms with E-state index in [1.54, 1.807) is 4.90 Å². The minimum absolute atomic E-state index is 0.136. The minimum Gasteiger partial charge on any atom is -0.374 e. The number of carbonyl (C=O) groups is 1. The van der Waals surface area contributed by atoms with E-state index in [0.29, 0.717) is 6.54 Å². The second kappa shape index (κ2) is 3.33. The molecule has 1 aromatic rings. The van der Waals surface area contributed by atoms with Crippen molar-refractivity contribution in [2.75, 3.05) is 12.4 Å². The van der Waals surface area contributed by atoms with Gasteiger partial charge in [-0.1, -0.05) is 18.2 Å². The van der Waals surface area contributed by atoms with E-state index in [0.717, 1.165) is 5.69 Å². The molecule has 1 aliphatic heterocycles. The van der Waals surface area contributed by atoms with Crippen molar-refractivity contribution >= 4 is 11.6 Å². The highest BCUT2D eigenvalue weighted by Gasteiger charge is 2.22. The quantitative estimate of drug-likeness (QED) is 0.671. The van der Waals surface area contributed by atoms with Crippen molar-refractivity contribution in [3.05, 3.63) is 29.8 Å². The van der Waals surface area contributed by atoms with E-state index in [2.05, 4.69) is 5.32 Å². The molecule has 0 aromatic heterocycles. The lowest BCUT2D eigenvalue weighted by Crippen LogP contribution is -2.35. The van der Waals surface area contributed by atoms with Gasteiger partial charge >= 0.3 is 0 Å². The van der Waals surface area contributed by atoms with E-state index >= 15 is 0 Å². The van der Waals surface area contributed by atoms with Crippen LogP contribution in [0.25, 0.3) is 0 Å². The maximum Gasteiger partial charge on any atom is 0.244 e. The molecule has 0 fully saturated rings. The van der Waals surface area contributed by atoms with Gasteiger partial charge in [-0.15, -0.1) is 0 Å². The zero-order valence-corrected chi connectivity index (χ0v) is 8.45. The normalized spacial score (nSPS) is 21.1. The largest absolute Gasteiger partial charge is 0.374 e. The Kier molecular flexibility index (Phi) is 2.15. The number of hydrogen-bond acceptors (Lipinski definition) is 2. The Morgan fingerprint density at radius 1 is 1.43 bits per heavy atom. The van der Waals surface area contributed by atoms with Crippen LogP contribution in [0, 0.1) is 0 Å². The molecule has 1 atom stereocenters. The highest BCUT2D eigenvalue weighted by atomic mass is 16.2. The van der Waals surface area contributed by atoms with Gasteiger partial charge in [0.1, 0.15) is 6.04 Å². The second-order valence-electron chi connectivity index (χ2n) is 3.72. The Bertz CT molecular complexity index is 329. The summed E-state index contributed by atoms with van der Waals surface area (Å²) in [5, 5.41) is 3.21. The van der Waals surface area contributed by atoms with Crippen molar-refractivity contribution in [1.82, 2.24) is 4.90 Å². The summed E-state index contributed by atoms with van der Waals surface area (Å²) >= 11 is 0. The average molecular weight is 190 g/mol. The number of fused-ring (bicyclic) bond motifs is 1. The van der Waals surface area contributed by atoms with Crippen molar-refractivity contribution in [3.63, 3.8) is 0 Å². The summed E-state index contributed by atoms with van der Waals surface area (Å²) in [5.41, 5.74) is 2.24. The second-order valence-corrected chi connectivity index (χ2v) is 3.72. The number of nitrogens with one attached hydrogen (secondary N) is 1. The number of para-hydroxylation sites is 1. The molecule has 0 unspecified atom stereocenters. The molecule has 0 radical (unpaired) electrons. The zero-order valence-electron chi connectivity index (χ0n) is 8.45. The van der Waals surface area contributed by atoms with Gasteiger partial charge in [-0.3, -0.25) is 4.79 Å². The Morgan fingerprint density at radius 2 is 2.14 bits per heavy atom. The van der Waals surface area contributed by atoms with Crippen molar-refractivity contribution in [1.29, 1.82) is 0 Å². The van der Waals surface area contributed by atoms with Crippen LogP contribution in [0.3, 0.4) is 0 Å². The van der Waals surface area contributed by atoms with E-state index in [9.17, 15) is 4.79 Å². The first-order valence-corrected chi connectivity index (χ1v) is 4.78. The number of benzene rings is 1. The molecular weight excluding hydrogens is 176 g/mol. The van der Waals surface area contributed by atoms with Crippen molar-refractivity contribution in [2.24, 2.45) is 0 Å². The molecule has 1 aromatic carbocycles. The molecule has 1 aliphatic rings. The number of nitrogens with zero attached hydrogens (tertiary/aromatic N) is 1. The van der Waals surface area contributed by atoms with Crippen LogP contribution >= 0.6 is 0 Å². The van der Waals surface area contributed by atoms with Crippen LogP contribution in [0.5, 0.6) is 0 Å². The summed E-state index contributed by atoms with van der Waals surface area (Å²) in [6, 6.07) is 7.90. The SMILES string of the molecule is C[C@H]1Nc2ccccc2CN(C)C1=O. The van der Waals surface area contributed by atoms with Crippen LogP contribution in [0.15, 0.2) is 24.3 Å². The molecule has 0 saturated carbocycles.